The third-order valence-corrected chi connectivity index (χ3v) is 4.36. The Morgan fingerprint density at radius 1 is 1.21 bits per heavy atom. The first-order chi connectivity index (χ1) is 11.3. The average molecular weight is 473 g/mol. The van der Waals surface area contributed by atoms with E-state index < -0.39 is 5.97 Å². The number of nitrogens with one attached hydrogen (secondary N) is 1. The molecule has 0 aliphatic rings. The number of rotatable bonds is 6. The van der Waals surface area contributed by atoms with E-state index >= 15 is 0 Å². The average Bonchev–Trinajstić information content (AvgIpc) is 2.50. The van der Waals surface area contributed by atoms with Crippen molar-refractivity contribution in [1.29, 1.82) is 0 Å². The standard InChI is InChI=1S/C17H15Br2NO3S/c1-10(24)20-12-3-5-13(6-4-12)23-17-14(18)8-11(9-15(17)19)2-7-16(21)22/h3-6,8-9H,2,7H2,1H3,(H,20,24)(H,21,22). The van der Waals surface area contributed by atoms with Crippen LogP contribution < -0.4 is 10.1 Å². The van der Waals surface area contributed by atoms with Crippen LogP contribution in [0.25, 0.3) is 0 Å². The number of aliphatic carboxylic acids is 1. The topological polar surface area (TPSA) is 58.6 Å². The third kappa shape index (κ3) is 5.58. The van der Waals surface area contributed by atoms with Gasteiger partial charge in [0.1, 0.15) is 5.75 Å². The van der Waals surface area contributed by atoms with E-state index in [1.165, 1.54) is 0 Å². The Balaban J connectivity index is 2.14. The molecular formula is C17H15Br2NO3S. The van der Waals surface area contributed by atoms with Crippen LogP contribution in [0, 0.1) is 0 Å². The molecule has 126 valence electrons. The van der Waals surface area contributed by atoms with E-state index in [1.807, 2.05) is 43.3 Å². The minimum Gasteiger partial charge on any atom is -0.481 e. The Hall–Kier alpha value is -1.44. The minimum absolute atomic E-state index is 0.0901. The van der Waals surface area contributed by atoms with Crippen LogP contribution >= 0.6 is 44.1 Å². The molecule has 0 atom stereocenters. The Labute approximate surface area is 162 Å². The van der Waals surface area contributed by atoms with Gasteiger partial charge in [0, 0.05) is 12.1 Å². The second kappa shape index (κ2) is 8.60. The van der Waals surface area contributed by atoms with Gasteiger partial charge in [-0.2, -0.15) is 0 Å². The monoisotopic (exact) mass is 471 g/mol. The summed E-state index contributed by atoms with van der Waals surface area (Å²) < 4.78 is 7.43. The van der Waals surface area contributed by atoms with Gasteiger partial charge in [0.05, 0.1) is 13.9 Å². The van der Waals surface area contributed by atoms with E-state index in [1.54, 1.807) is 0 Å². The lowest BCUT2D eigenvalue weighted by molar-refractivity contribution is -0.136. The van der Waals surface area contributed by atoms with Crippen LogP contribution in [0.15, 0.2) is 45.3 Å². The normalized spacial score (nSPS) is 10.3. The molecule has 0 aromatic heterocycles. The fraction of sp³-hybridized carbons (Fsp3) is 0.176. The molecule has 0 heterocycles. The summed E-state index contributed by atoms with van der Waals surface area (Å²) in [5.41, 5.74) is 1.82. The molecule has 2 aromatic carbocycles. The zero-order valence-electron chi connectivity index (χ0n) is 12.8. The van der Waals surface area contributed by atoms with Gasteiger partial charge in [-0.25, -0.2) is 0 Å². The molecule has 4 nitrogen and oxygen atoms in total. The van der Waals surface area contributed by atoms with Gasteiger partial charge in [-0.05, 0) is 87.2 Å². The maximum absolute atomic E-state index is 10.7. The van der Waals surface area contributed by atoms with Crippen LogP contribution in [-0.4, -0.2) is 16.1 Å². The van der Waals surface area contributed by atoms with Crippen LogP contribution in [0.5, 0.6) is 11.5 Å². The van der Waals surface area contributed by atoms with Gasteiger partial charge in [0.2, 0.25) is 0 Å². The lowest BCUT2D eigenvalue weighted by Crippen LogP contribution is -2.02. The SMILES string of the molecule is CC(=S)Nc1ccc(Oc2c(Br)cc(CCC(=O)O)cc2Br)cc1. The highest BCUT2D eigenvalue weighted by molar-refractivity contribution is 9.11. The van der Waals surface area contributed by atoms with Gasteiger partial charge in [0.25, 0.3) is 0 Å². The summed E-state index contributed by atoms with van der Waals surface area (Å²) in [6, 6.07) is 11.2. The highest BCUT2D eigenvalue weighted by Gasteiger charge is 2.11. The first-order valence-electron chi connectivity index (χ1n) is 7.10. The highest BCUT2D eigenvalue weighted by Crippen LogP contribution is 2.38. The summed E-state index contributed by atoms with van der Waals surface area (Å²) >= 11 is 12.0. The van der Waals surface area contributed by atoms with Crippen LogP contribution in [0.4, 0.5) is 5.69 Å². The Morgan fingerprint density at radius 2 is 1.79 bits per heavy atom. The second-order valence-electron chi connectivity index (χ2n) is 5.09. The van der Waals surface area contributed by atoms with Gasteiger partial charge in [0.15, 0.2) is 5.75 Å². The molecule has 2 N–H and O–H groups in total. The smallest absolute Gasteiger partial charge is 0.303 e. The van der Waals surface area contributed by atoms with Crippen LogP contribution in [0.2, 0.25) is 0 Å². The zero-order chi connectivity index (χ0) is 17.7. The van der Waals surface area contributed by atoms with E-state index in [0.717, 1.165) is 20.2 Å². The van der Waals surface area contributed by atoms with Crippen molar-refractivity contribution in [1.82, 2.24) is 0 Å². The number of carboxylic acid groups (broad SMARTS) is 1. The number of thiocarbonyl (C=S) groups is 1. The maximum Gasteiger partial charge on any atom is 0.303 e. The lowest BCUT2D eigenvalue weighted by Gasteiger charge is -2.12. The fourth-order valence-electron chi connectivity index (χ4n) is 2.03. The number of halogens is 2. The van der Waals surface area contributed by atoms with E-state index in [9.17, 15) is 4.79 Å². The van der Waals surface area contributed by atoms with Crippen molar-refractivity contribution in [3.63, 3.8) is 0 Å². The number of hydrogen-bond acceptors (Lipinski definition) is 3. The van der Waals surface area contributed by atoms with Crippen LogP contribution in [-0.2, 0) is 11.2 Å². The number of ether oxygens (including phenoxy) is 1. The Morgan fingerprint density at radius 3 is 2.29 bits per heavy atom. The van der Waals surface area contributed by atoms with Gasteiger partial charge in [-0.15, -0.1) is 0 Å². The number of carboxylic acids is 1. The first kappa shape index (κ1) is 18.9. The molecule has 7 heteroatoms. The van der Waals surface area contributed by atoms with Crippen molar-refractivity contribution in [3.05, 3.63) is 50.9 Å². The van der Waals surface area contributed by atoms with Crippen molar-refractivity contribution in [2.75, 3.05) is 5.32 Å². The molecule has 0 unspecified atom stereocenters. The number of carbonyl (C=O) groups is 1. The number of benzene rings is 2. The van der Waals surface area contributed by atoms with E-state index in [0.29, 0.717) is 22.9 Å². The Bertz CT molecular complexity index is 740. The Kier molecular flexibility index (Phi) is 6.77. The zero-order valence-corrected chi connectivity index (χ0v) is 16.8. The van der Waals surface area contributed by atoms with E-state index in [-0.39, 0.29) is 6.42 Å². The summed E-state index contributed by atoms with van der Waals surface area (Å²) in [6.07, 6.45) is 0.553. The molecule has 0 bridgehead atoms. The summed E-state index contributed by atoms with van der Waals surface area (Å²) in [5, 5.41) is 11.8. The predicted octanol–water partition coefficient (Wildman–Crippen LogP) is 5.78. The molecule has 2 rings (SSSR count). The van der Waals surface area contributed by atoms with E-state index in [4.69, 9.17) is 22.1 Å². The molecule has 0 amide bonds. The second-order valence-corrected chi connectivity index (χ2v) is 7.41. The van der Waals surface area contributed by atoms with Crippen molar-refractivity contribution in [2.45, 2.75) is 19.8 Å². The van der Waals surface area contributed by atoms with Gasteiger partial charge < -0.3 is 15.2 Å². The largest absolute Gasteiger partial charge is 0.481 e. The summed E-state index contributed by atoms with van der Waals surface area (Å²) in [6.45, 7) is 1.82. The molecule has 24 heavy (non-hydrogen) atoms. The number of aryl methyl sites for hydroxylation is 1. The molecule has 2 aromatic rings. The van der Waals surface area contributed by atoms with Crippen LogP contribution in [0.1, 0.15) is 18.9 Å². The fourth-order valence-corrected chi connectivity index (χ4v) is 3.59. The highest BCUT2D eigenvalue weighted by atomic mass is 79.9. The number of anilines is 1. The van der Waals surface area contributed by atoms with Crippen molar-refractivity contribution >= 4 is 60.7 Å². The molecular weight excluding hydrogens is 458 g/mol. The minimum atomic E-state index is -0.817. The quantitative estimate of drug-likeness (QED) is 0.521. The van der Waals surface area contributed by atoms with Gasteiger partial charge >= 0.3 is 5.97 Å². The van der Waals surface area contributed by atoms with E-state index in [2.05, 4.69) is 37.2 Å². The van der Waals surface area contributed by atoms with Crippen LogP contribution in [0.3, 0.4) is 0 Å². The maximum atomic E-state index is 10.7. The number of hydrogen-bond donors (Lipinski definition) is 2. The van der Waals surface area contributed by atoms with Gasteiger partial charge in [-0.1, -0.05) is 12.2 Å². The van der Waals surface area contributed by atoms with Crippen molar-refractivity contribution in [3.8, 4) is 11.5 Å². The van der Waals surface area contributed by atoms with Gasteiger partial charge in [-0.3, -0.25) is 4.79 Å². The van der Waals surface area contributed by atoms with Crippen molar-refractivity contribution < 1.29 is 14.6 Å². The molecule has 0 aliphatic carbocycles. The lowest BCUT2D eigenvalue weighted by atomic mass is 10.1. The molecule has 0 fully saturated rings. The summed E-state index contributed by atoms with van der Waals surface area (Å²) in [4.78, 5) is 11.4. The summed E-state index contributed by atoms with van der Waals surface area (Å²) in [5.74, 6) is 0.505. The molecule has 0 spiro atoms. The third-order valence-electron chi connectivity index (χ3n) is 3.08. The molecule has 0 saturated heterocycles. The molecule has 0 saturated carbocycles. The van der Waals surface area contributed by atoms with Crippen molar-refractivity contribution in [2.24, 2.45) is 0 Å². The molecule has 0 aliphatic heterocycles. The molecule has 0 radical (unpaired) electrons. The predicted molar refractivity (Wildman–Crippen MR) is 106 cm³/mol. The summed E-state index contributed by atoms with van der Waals surface area (Å²) in [7, 11) is 0. The first-order valence-corrected chi connectivity index (χ1v) is 9.10.